The van der Waals surface area contributed by atoms with Crippen molar-refractivity contribution >= 4 is 5.97 Å². The molecular weight excluding hydrogens is 202 g/mol. The van der Waals surface area contributed by atoms with Gasteiger partial charge in [0.05, 0.1) is 6.61 Å². The summed E-state index contributed by atoms with van der Waals surface area (Å²) >= 11 is 0. The highest BCUT2D eigenvalue weighted by molar-refractivity contribution is 5.93. The number of unbranched alkanes of at least 4 members (excludes halogenated alkanes) is 3. The van der Waals surface area contributed by atoms with Gasteiger partial charge in [0.1, 0.15) is 11.6 Å². The number of nitrogens with zero attached hydrogens (tertiary/aromatic N) is 1. The highest BCUT2D eigenvalue weighted by Gasteiger charge is 2.12. The third kappa shape index (κ3) is 5.55. The Morgan fingerprint density at radius 2 is 1.94 bits per heavy atom. The van der Waals surface area contributed by atoms with Gasteiger partial charge in [-0.2, -0.15) is 5.26 Å². The van der Waals surface area contributed by atoms with Gasteiger partial charge in [0.2, 0.25) is 0 Å². The van der Waals surface area contributed by atoms with Crippen LogP contribution in [0, 0.1) is 11.3 Å². The first-order chi connectivity index (χ1) is 7.67. The van der Waals surface area contributed by atoms with Gasteiger partial charge < -0.3 is 4.74 Å². The van der Waals surface area contributed by atoms with E-state index in [1.54, 1.807) is 6.92 Å². The largest absolute Gasteiger partial charge is 0.462 e. The SMILES string of the molecule is CCCCCC/C(C)=C(/C#N)C(=O)OCC. The molecule has 0 rings (SSSR count). The summed E-state index contributed by atoms with van der Waals surface area (Å²) in [5.74, 6) is -0.488. The van der Waals surface area contributed by atoms with Crippen LogP contribution in [0.5, 0.6) is 0 Å². The number of ether oxygens (including phenoxy) is 1. The summed E-state index contributed by atoms with van der Waals surface area (Å²) in [5.41, 5.74) is 1.02. The van der Waals surface area contributed by atoms with E-state index in [9.17, 15) is 4.79 Å². The van der Waals surface area contributed by atoms with Gasteiger partial charge in [0.25, 0.3) is 0 Å². The molecule has 0 radical (unpaired) electrons. The summed E-state index contributed by atoms with van der Waals surface area (Å²) < 4.78 is 4.82. The number of rotatable bonds is 7. The predicted molar refractivity (Wildman–Crippen MR) is 63.7 cm³/mol. The van der Waals surface area contributed by atoms with Crippen molar-refractivity contribution in [1.82, 2.24) is 0 Å². The van der Waals surface area contributed by atoms with Crippen molar-refractivity contribution in [3.05, 3.63) is 11.1 Å². The number of carbonyl (C=O) groups is 1. The molecule has 0 heterocycles. The van der Waals surface area contributed by atoms with Gasteiger partial charge in [-0.05, 0) is 32.3 Å². The minimum atomic E-state index is -0.488. The van der Waals surface area contributed by atoms with E-state index < -0.39 is 5.97 Å². The smallest absolute Gasteiger partial charge is 0.348 e. The zero-order valence-corrected chi connectivity index (χ0v) is 10.5. The number of nitriles is 1. The van der Waals surface area contributed by atoms with Crippen LogP contribution in [0.2, 0.25) is 0 Å². The van der Waals surface area contributed by atoms with Crippen LogP contribution in [0.25, 0.3) is 0 Å². The maximum absolute atomic E-state index is 11.4. The standard InChI is InChI=1S/C13H21NO2/c1-4-6-7-8-9-11(3)12(10-14)13(15)16-5-2/h4-9H2,1-3H3/b12-11-. The van der Waals surface area contributed by atoms with Gasteiger partial charge >= 0.3 is 5.97 Å². The molecule has 3 nitrogen and oxygen atoms in total. The molecule has 0 spiro atoms. The molecule has 0 unspecified atom stereocenters. The van der Waals surface area contributed by atoms with E-state index in [1.807, 2.05) is 13.0 Å². The van der Waals surface area contributed by atoms with Crippen LogP contribution >= 0.6 is 0 Å². The van der Waals surface area contributed by atoms with Gasteiger partial charge in [0.15, 0.2) is 0 Å². The number of hydrogen-bond donors (Lipinski definition) is 0. The van der Waals surface area contributed by atoms with E-state index >= 15 is 0 Å². The lowest BCUT2D eigenvalue weighted by molar-refractivity contribution is -0.138. The summed E-state index contributed by atoms with van der Waals surface area (Å²) in [6.45, 7) is 6.04. The van der Waals surface area contributed by atoms with Crippen molar-refractivity contribution in [2.45, 2.75) is 52.9 Å². The van der Waals surface area contributed by atoms with Crippen molar-refractivity contribution in [3.8, 4) is 6.07 Å². The average Bonchev–Trinajstić information content (AvgIpc) is 2.26. The Morgan fingerprint density at radius 3 is 2.44 bits per heavy atom. The highest BCUT2D eigenvalue weighted by atomic mass is 16.5. The van der Waals surface area contributed by atoms with E-state index in [-0.39, 0.29) is 5.57 Å². The predicted octanol–water partition coefficient (Wildman–Crippen LogP) is 3.36. The number of hydrogen-bond acceptors (Lipinski definition) is 3. The van der Waals surface area contributed by atoms with Crippen molar-refractivity contribution in [2.24, 2.45) is 0 Å². The fraction of sp³-hybridized carbons (Fsp3) is 0.692. The lowest BCUT2D eigenvalue weighted by atomic mass is 10.0. The Morgan fingerprint density at radius 1 is 1.25 bits per heavy atom. The Kier molecular flexibility index (Phi) is 8.24. The van der Waals surface area contributed by atoms with Crippen molar-refractivity contribution < 1.29 is 9.53 Å². The number of allylic oxidation sites excluding steroid dienone is 1. The molecule has 0 atom stereocenters. The zero-order chi connectivity index (χ0) is 12.4. The van der Waals surface area contributed by atoms with Crippen LogP contribution in [-0.2, 0) is 9.53 Å². The second kappa shape index (κ2) is 8.96. The number of esters is 1. The van der Waals surface area contributed by atoms with Gasteiger partial charge in [-0.25, -0.2) is 4.79 Å². The molecule has 3 heteroatoms. The Hall–Kier alpha value is -1.30. The third-order valence-corrected chi connectivity index (χ3v) is 2.42. The first-order valence-electron chi connectivity index (χ1n) is 5.94. The topological polar surface area (TPSA) is 50.1 Å². The lowest BCUT2D eigenvalue weighted by Gasteiger charge is -2.05. The maximum Gasteiger partial charge on any atom is 0.348 e. The molecule has 0 N–H and O–H groups in total. The van der Waals surface area contributed by atoms with Crippen LogP contribution in [0.4, 0.5) is 0 Å². The minimum absolute atomic E-state index is 0.179. The van der Waals surface area contributed by atoms with E-state index in [2.05, 4.69) is 6.92 Å². The van der Waals surface area contributed by atoms with E-state index in [1.165, 1.54) is 12.8 Å². The summed E-state index contributed by atoms with van der Waals surface area (Å²) in [6, 6.07) is 1.93. The highest BCUT2D eigenvalue weighted by Crippen LogP contribution is 2.14. The van der Waals surface area contributed by atoms with Gasteiger partial charge in [-0.3, -0.25) is 0 Å². The molecule has 16 heavy (non-hydrogen) atoms. The maximum atomic E-state index is 11.4. The quantitative estimate of drug-likeness (QED) is 0.288. The summed E-state index contributed by atoms with van der Waals surface area (Å²) in [7, 11) is 0. The summed E-state index contributed by atoms with van der Waals surface area (Å²) in [6.07, 6.45) is 5.38. The Labute approximate surface area is 98.1 Å². The number of carbonyl (C=O) groups excluding carboxylic acids is 1. The summed E-state index contributed by atoms with van der Waals surface area (Å²) in [4.78, 5) is 11.4. The monoisotopic (exact) mass is 223 g/mol. The lowest BCUT2D eigenvalue weighted by Crippen LogP contribution is -2.08. The summed E-state index contributed by atoms with van der Waals surface area (Å²) in [5, 5.41) is 8.89. The third-order valence-electron chi connectivity index (χ3n) is 2.42. The van der Waals surface area contributed by atoms with Crippen molar-refractivity contribution in [2.75, 3.05) is 6.61 Å². The first-order valence-corrected chi connectivity index (χ1v) is 5.94. The van der Waals surface area contributed by atoms with Crippen LogP contribution < -0.4 is 0 Å². The molecule has 0 aromatic carbocycles. The van der Waals surface area contributed by atoms with Gasteiger partial charge in [0, 0.05) is 0 Å². The molecule has 0 fully saturated rings. The molecule has 90 valence electrons. The molecule has 0 aromatic heterocycles. The molecule has 0 aliphatic heterocycles. The second-order valence-corrected chi connectivity index (χ2v) is 3.80. The molecule has 0 amide bonds. The Bertz CT molecular complexity index is 287. The van der Waals surface area contributed by atoms with E-state index in [0.29, 0.717) is 6.61 Å². The van der Waals surface area contributed by atoms with Crippen LogP contribution in [0.1, 0.15) is 52.9 Å². The molecular formula is C13H21NO2. The van der Waals surface area contributed by atoms with Crippen LogP contribution in [0.15, 0.2) is 11.1 Å². The van der Waals surface area contributed by atoms with E-state index in [4.69, 9.17) is 10.00 Å². The van der Waals surface area contributed by atoms with Crippen LogP contribution in [-0.4, -0.2) is 12.6 Å². The Balaban J connectivity index is 4.28. The molecule has 0 aromatic rings. The molecule has 0 saturated carbocycles. The molecule has 0 aliphatic carbocycles. The normalized spacial score (nSPS) is 11.6. The zero-order valence-electron chi connectivity index (χ0n) is 10.5. The molecule has 0 bridgehead atoms. The van der Waals surface area contributed by atoms with Crippen molar-refractivity contribution in [1.29, 1.82) is 5.26 Å². The van der Waals surface area contributed by atoms with Crippen LogP contribution in [0.3, 0.4) is 0 Å². The van der Waals surface area contributed by atoms with Crippen molar-refractivity contribution in [3.63, 3.8) is 0 Å². The fourth-order valence-electron chi connectivity index (χ4n) is 1.46. The second-order valence-electron chi connectivity index (χ2n) is 3.80. The molecule has 0 aliphatic rings. The fourth-order valence-corrected chi connectivity index (χ4v) is 1.46. The average molecular weight is 223 g/mol. The van der Waals surface area contributed by atoms with Gasteiger partial charge in [-0.1, -0.05) is 26.2 Å². The minimum Gasteiger partial charge on any atom is -0.462 e. The van der Waals surface area contributed by atoms with Gasteiger partial charge in [-0.15, -0.1) is 0 Å². The first kappa shape index (κ1) is 14.7. The van der Waals surface area contributed by atoms with E-state index in [0.717, 1.165) is 24.8 Å². The molecule has 0 saturated heterocycles.